The first-order valence-corrected chi connectivity index (χ1v) is 4.04. The maximum Gasteiger partial charge on any atom is 0.314 e. The standard InChI is InChI=1S/C7H12N2O3/c8-6(10)9-2-1-7(5-9)11-3-4-12-7/h1-5H2,(H2,8,10). The summed E-state index contributed by atoms with van der Waals surface area (Å²) in [7, 11) is 0. The molecule has 2 rings (SSSR count). The third-order valence-corrected chi connectivity index (χ3v) is 2.32. The summed E-state index contributed by atoms with van der Waals surface area (Å²) in [4.78, 5) is 12.3. The first kappa shape index (κ1) is 7.82. The molecule has 2 aliphatic heterocycles. The maximum atomic E-state index is 10.8. The molecule has 5 heteroatoms. The number of ether oxygens (including phenoxy) is 2. The number of hydrogen-bond acceptors (Lipinski definition) is 3. The van der Waals surface area contributed by atoms with Crippen molar-refractivity contribution in [2.45, 2.75) is 12.2 Å². The molecule has 12 heavy (non-hydrogen) atoms. The van der Waals surface area contributed by atoms with Crippen LogP contribution in [0.5, 0.6) is 0 Å². The van der Waals surface area contributed by atoms with Crippen molar-refractivity contribution >= 4 is 6.03 Å². The van der Waals surface area contributed by atoms with Gasteiger partial charge >= 0.3 is 6.03 Å². The van der Waals surface area contributed by atoms with Crippen LogP contribution >= 0.6 is 0 Å². The minimum Gasteiger partial charge on any atom is -0.351 e. The molecule has 1 spiro atoms. The van der Waals surface area contributed by atoms with Gasteiger partial charge in [-0.2, -0.15) is 0 Å². The van der Waals surface area contributed by atoms with E-state index in [2.05, 4.69) is 0 Å². The first-order valence-electron chi connectivity index (χ1n) is 4.04. The Kier molecular flexibility index (Phi) is 1.69. The summed E-state index contributed by atoms with van der Waals surface area (Å²) < 4.78 is 10.8. The number of likely N-dealkylation sites (tertiary alicyclic amines) is 1. The monoisotopic (exact) mass is 172 g/mol. The average Bonchev–Trinajstić information content (AvgIpc) is 2.62. The summed E-state index contributed by atoms with van der Waals surface area (Å²) in [6.45, 7) is 2.34. The molecule has 2 saturated heterocycles. The zero-order valence-electron chi connectivity index (χ0n) is 6.78. The van der Waals surface area contributed by atoms with Crippen molar-refractivity contribution in [3.8, 4) is 0 Å². The van der Waals surface area contributed by atoms with Crippen LogP contribution in [0.1, 0.15) is 6.42 Å². The third kappa shape index (κ3) is 1.15. The number of carbonyl (C=O) groups is 1. The van der Waals surface area contributed by atoms with Crippen LogP contribution in [0.3, 0.4) is 0 Å². The summed E-state index contributed by atoms with van der Waals surface area (Å²) in [6.07, 6.45) is 0.732. The zero-order chi connectivity index (χ0) is 8.60. The van der Waals surface area contributed by atoms with Gasteiger partial charge in [-0.05, 0) is 0 Å². The number of urea groups is 1. The molecule has 0 aromatic carbocycles. The van der Waals surface area contributed by atoms with Crippen LogP contribution in [-0.2, 0) is 9.47 Å². The number of nitrogens with two attached hydrogens (primary N) is 1. The maximum absolute atomic E-state index is 10.8. The Morgan fingerprint density at radius 3 is 2.58 bits per heavy atom. The molecule has 0 aromatic rings. The minimum atomic E-state index is -0.533. The highest BCUT2D eigenvalue weighted by molar-refractivity contribution is 5.72. The fourth-order valence-electron chi connectivity index (χ4n) is 1.67. The normalized spacial score (nSPS) is 26.8. The van der Waals surface area contributed by atoms with E-state index in [0.717, 1.165) is 6.42 Å². The van der Waals surface area contributed by atoms with Crippen LogP contribution in [0.4, 0.5) is 4.79 Å². The summed E-state index contributed by atoms with van der Waals surface area (Å²) >= 11 is 0. The molecule has 0 bridgehead atoms. The minimum absolute atomic E-state index is 0.397. The van der Waals surface area contributed by atoms with E-state index in [1.54, 1.807) is 4.90 Å². The van der Waals surface area contributed by atoms with E-state index in [9.17, 15) is 4.79 Å². The van der Waals surface area contributed by atoms with Crippen molar-refractivity contribution in [1.29, 1.82) is 0 Å². The number of carbonyl (C=O) groups excluding carboxylic acids is 1. The van der Waals surface area contributed by atoms with Gasteiger partial charge in [-0.3, -0.25) is 0 Å². The van der Waals surface area contributed by atoms with Gasteiger partial charge in [0.2, 0.25) is 0 Å². The van der Waals surface area contributed by atoms with E-state index in [-0.39, 0.29) is 0 Å². The molecule has 68 valence electrons. The summed E-state index contributed by atoms with van der Waals surface area (Å²) in [6, 6.07) is -0.397. The van der Waals surface area contributed by atoms with E-state index in [1.807, 2.05) is 0 Å². The van der Waals surface area contributed by atoms with E-state index < -0.39 is 11.8 Å². The van der Waals surface area contributed by atoms with Gasteiger partial charge in [0, 0.05) is 13.0 Å². The van der Waals surface area contributed by atoms with Gasteiger partial charge in [0.1, 0.15) is 0 Å². The fraction of sp³-hybridized carbons (Fsp3) is 0.857. The highest BCUT2D eigenvalue weighted by Gasteiger charge is 2.44. The predicted octanol–water partition coefficient (Wildman–Crippen LogP) is -0.486. The lowest BCUT2D eigenvalue weighted by atomic mass is 10.2. The Morgan fingerprint density at radius 2 is 2.08 bits per heavy atom. The SMILES string of the molecule is NC(=O)N1CCC2(C1)OCCO2. The van der Waals surface area contributed by atoms with Crippen molar-refractivity contribution in [2.75, 3.05) is 26.3 Å². The largest absolute Gasteiger partial charge is 0.351 e. The van der Waals surface area contributed by atoms with Crippen LogP contribution in [-0.4, -0.2) is 43.0 Å². The van der Waals surface area contributed by atoms with Crippen molar-refractivity contribution < 1.29 is 14.3 Å². The van der Waals surface area contributed by atoms with E-state index in [1.165, 1.54) is 0 Å². The molecule has 2 aliphatic rings. The fourth-order valence-corrected chi connectivity index (χ4v) is 1.67. The third-order valence-electron chi connectivity index (χ3n) is 2.32. The van der Waals surface area contributed by atoms with E-state index >= 15 is 0 Å². The van der Waals surface area contributed by atoms with Crippen LogP contribution in [0.2, 0.25) is 0 Å². The Balaban J connectivity index is 2.01. The number of hydrogen-bond donors (Lipinski definition) is 1. The molecule has 2 N–H and O–H groups in total. The zero-order valence-corrected chi connectivity index (χ0v) is 6.78. The average molecular weight is 172 g/mol. The van der Waals surface area contributed by atoms with Gasteiger partial charge in [0.05, 0.1) is 19.8 Å². The molecule has 0 unspecified atom stereocenters. The molecule has 2 fully saturated rings. The lowest BCUT2D eigenvalue weighted by molar-refractivity contribution is -0.143. The number of nitrogens with zero attached hydrogens (tertiary/aromatic N) is 1. The van der Waals surface area contributed by atoms with Gasteiger partial charge in [-0.1, -0.05) is 0 Å². The van der Waals surface area contributed by atoms with Gasteiger partial charge < -0.3 is 20.1 Å². The van der Waals surface area contributed by atoms with Gasteiger partial charge in [0.15, 0.2) is 5.79 Å². The van der Waals surface area contributed by atoms with Crippen LogP contribution in [0, 0.1) is 0 Å². The Bertz CT molecular complexity index is 201. The van der Waals surface area contributed by atoms with Crippen molar-refractivity contribution in [3.63, 3.8) is 0 Å². The second kappa shape index (κ2) is 2.60. The summed E-state index contributed by atoms with van der Waals surface area (Å²) in [5.41, 5.74) is 5.12. The second-order valence-electron chi connectivity index (χ2n) is 3.12. The van der Waals surface area contributed by atoms with Crippen molar-refractivity contribution in [3.05, 3.63) is 0 Å². The van der Waals surface area contributed by atoms with Gasteiger partial charge in [-0.25, -0.2) is 4.79 Å². The van der Waals surface area contributed by atoms with Gasteiger partial charge in [-0.15, -0.1) is 0 Å². The van der Waals surface area contributed by atoms with Crippen molar-refractivity contribution in [2.24, 2.45) is 5.73 Å². The molecule has 2 heterocycles. The lowest BCUT2D eigenvalue weighted by Gasteiger charge is -2.21. The van der Waals surface area contributed by atoms with Crippen molar-refractivity contribution in [1.82, 2.24) is 4.90 Å². The summed E-state index contributed by atoms with van der Waals surface area (Å²) in [5.74, 6) is -0.533. The molecule has 0 aliphatic carbocycles. The van der Waals surface area contributed by atoms with E-state index in [0.29, 0.717) is 26.3 Å². The topological polar surface area (TPSA) is 64.8 Å². The van der Waals surface area contributed by atoms with Crippen LogP contribution in [0.25, 0.3) is 0 Å². The molecule has 0 radical (unpaired) electrons. The Labute approximate surface area is 70.4 Å². The number of rotatable bonds is 0. The molecule has 0 atom stereocenters. The highest BCUT2D eigenvalue weighted by Crippen LogP contribution is 2.29. The molecule has 2 amide bonds. The summed E-state index contributed by atoms with van der Waals surface area (Å²) in [5, 5.41) is 0. The molecular formula is C7H12N2O3. The lowest BCUT2D eigenvalue weighted by Crippen LogP contribution is -2.39. The smallest absolute Gasteiger partial charge is 0.314 e. The second-order valence-corrected chi connectivity index (χ2v) is 3.12. The number of amides is 2. The van der Waals surface area contributed by atoms with Crippen LogP contribution < -0.4 is 5.73 Å². The molecular weight excluding hydrogens is 160 g/mol. The highest BCUT2D eigenvalue weighted by atomic mass is 16.7. The van der Waals surface area contributed by atoms with Crippen LogP contribution in [0.15, 0.2) is 0 Å². The Hall–Kier alpha value is -0.810. The number of primary amides is 1. The molecule has 0 aromatic heterocycles. The molecule has 0 saturated carbocycles. The quantitative estimate of drug-likeness (QED) is 0.536. The molecule has 5 nitrogen and oxygen atoms in total. The Morgan fingerprint density at radius 1 is 1.42 bits per heavy atom. The van der Waals surface area contributed by atoms with Gasteiger partial charge in [0.25, 0.3) is 0 Å². The van der Waals surface area contributed by atoms with E-state index in [4.69, 9.17) is 15.2 Å². The predicted molar refractivity (Wildman–Crippen MR) is 40.4 cm³/mol. The first-order chi connectivity index (χ1) is 5.72.